The van der Waals surface area contributed by atoms with E-state index < -0.39 is 0 Å². The van der Waals surface area contributed by atoms with E-state index in [0.717, 1.165) is 232 Å². The van der Waals surface area contributed by atoms with Gasteiger partial charge in [-0.25, -0.2) is 0 Å². The number of rotatable bonds is 72. The van der Waals surface area contributed by atoms with E-state index in [0.29, 0.717) is 11.8 Å². The molecule has 8 heterocycles. The first-order valence-corrected chi connectivity index (χ1v) is 59.7. The summed E-state index contributed by atoms with van der Waals surface area (Å²) < 4.78 is 16.0. The molecule has 24 heteroatoms. The van der Waals surface area contributed by atoms with Crippen LogP contribution in [-0.2, 0) is 104 Å². The van der Waals surface area contributed by atoms with Crippen molar-refractivity contribution in [2.45, 2.75) is 582 Å². The monoisotopic (exact) mass is 2010 g/mol. The summed E-state index contributed by atoms with van der Waals surface area (Å²) in [5.74, 6) is 12.5. The lowest BCUT2D eigenvalue weighted by Crippen LogP contribution is -2.04. The predicted molar refractivity (Wildman–Crippen MR) is 612 cm³/mol. The number of unbranched alkanes of at least 4 members (excludes halogenated alkanes) is 15. The molecule has 8 aromatic heterocycles. The van der Waals surface area contributed by atoms with Crippen LogP contribution in [-0.4, -0.2) is 120 Å². The van der Waals surface area contributed by atoms with Crippen molar-refractivity contribution in [1.29, 1.82) is 0 Å². The third-order valence-electron chi connectivity index (χ3n) is 25.6. The molecule has 0 amide bonds. The molecule has 0 atom stereocenters. The van der Waals surface area contributed by atoms with Gasteiger partial charge < -0.3 is 0 Å². The fourth-order valence-electron chi connectivity index (χ4n) is 16.5. The van der Waals surface area contributed by atoms with Gasteiger partial charge in [-0.05, 0) is 249 Å². The highest BCUT2D eigenvalue weighted by molar-refractivity contribution is 4.98. The summed E-state index contributed by atoms with van der Waals surface area (Å²) in [6.45, 7) is 80.6. The van der Waals surface area contributed by atoms with Crippen LogP contribution >= 0.6 is 0 Å². The molecule has 8 rings (SSSR count). The van der Waals surface area contributed by atoms with Crippen LogP contribution in [0.2, 0.25) is 0 Å². The summed E-state index contributed by atoms with van der Waals surface area (Å²) in [6, 6.07) is 0. The SMILES string of the molecule is CC(C)CCCCCCc1cn(CCC(C)C)nn1.CC(C)CCCCCCn1cc(CCC(C)C)nn1.CC(C)CCCCCc1cn(CC(C)C)nn1.CC(C)CCCCCc1cn(CCCC(C)C)nn1.CC(C)CCCCCn1cc(CCCC(C)C)nn1.CC(C)CCCCc1cn(CCCCC(C)C)nn1.CC(C)CCCCn1cc(CC(C)C)nn1.CC(C)CCCn1cc(CCC(C)C)nn1. The number of hydrogen-bond acceptors (Lipinski definition) is 16. The molecule has 8 aromatic rings. The van der Waals surface area contributed by atoms with Gasteiger partial charge in [0.05, 0.1) is 45.6 Å². The Kier molecular flexibility index (Phi) is 81.5. The molecule has 24 nitrogen and oxygen atoms in total. The first-order valence-electron chi connectivity index (χ1n) is 59.7. The summed E-state index contributed by atoms with van der Waals surface area (Å²) >= 11 is 0. The molecule has 0 N–H and O–H groups in total. The van der Waals surface area contributed by atoms with Gasteiger partial charge in [-0.1, -0.05) is 417 Å². The van der Waals surface area contributed by atoms with E-state index in [9.17, 15) is 0 Å². The Hall–Kier alpha value is -6.88. The third kappa shape index (κ3) is 85.0. The van der Waals surface area contributed by atoms with Gasteiger partial charge in [-0.2, -0.15) is 0 Å². The minimum Gasteiger partial charge on any atom is -0.252 e. The molecule has 0 bridgehead atoms. The molecule has 0 spiro atoms. The average molecular weight is 2010 g/mol. The minimum atomic E-state index is 0.635. The minimum absolute atomic E-state index is 0.635. The van der Waals surface area contributed by atoms with Crippen LogP contribution < -0.4 is 0 Å². The van der Waals surface area contributed by atoms with Gasteiger partial charge in [0.2, 0.25) is 0 Å². The van der Waals surface area contributed by atoms with Gasteiger partial charge in [0, 0.05) is 102 Å². The maximum absolute atomic E-state index is 4.26. The smallest absolute Gasteiger partial charge is 0.0829 e. The van der Waals surface area contributed by atoms with Crippen molar-refractivity contribution in [3.8, 4) is 0 Å². The molecule has 0 fully saturated rings. The first-order chi connectivity index (χ1) is 68.6. The maximum Gasteiger partial charge on any atom is 0.0829 e. The predicted octanol–water partition coefficient (Wildman–Crippen LogP) is 32.7. The van der Waals surface area contributed by atoms with E-state index >= 15 is 0 Å². The third-order valence-corrected chi connectivity index (χ3v) is 25.6. The van der Waals surface area contributed by atoms with Crippen molar-refractivity contribution >= 4 is 0 Å². The Bertz CT molecular complexity index is 3900. The second-order valence-corrected chi connectivity index (χ2v) is 49.2. The Morgan fingerprint density at radius 3 is 0.590 bits per heavy atom. The number of aromatic nitrogens is 24. The quantitative estimate of drug-likeness (QED) is 0.0322. The standard InChI is InChI=1S/5C16H31N3.C14H27N3.2C13H25N3/c1-14(2)9-5-6-11-16-13-19(18-17-16)12-8-7-10-15(3)4;1-14(2)9-6-5-7-12-19-13-16(17-18-19)11-8-10-15(3)4;1-14(2)9-6-5-7-11-16-13-19(18-17-16)12-8-10-15(3)4;1-14(2)9-7-5-6-8-12-19-13-16(17-18-19)11-10-15(3)4;1-14(2)9-7-5-6-8-10-16-13-19(18-17-16)12-11-15(3)4;1-12(2)8-6-5-7-9-14-11-17(16-15-14)10-13(3)4;1-11(2)6-5-9-16-10-13(14-15-16)8-7-12(3)4;1-11(2)7-5-6-8-16-10-13(14-15-16)9-12(3)4/h5*13-15H,5-12H2,1-4H3;11-13H,5-10H2,1-4H3;2*10-12H,5-9H2,1-4H3. The molecule has 0 aromatic carbocycles. The van der Waals surface area contributed by atoms with Crippen LogP contribution in [0.5, 0.6) is 0 Å². The van der Waals surface area contributed by atoms with Crippen molar-refractivity contribution in [2.75, 3.05) is 0 Å². The molecular formula is C120H232N24. The summed E-state index contributed by atoms with van der Waals surface area (Å²) in [5, 5.41) is 67.4. The Morgan fingerprint density at radius 2 is 0.312 bits per heavy atom. The van der Waals surface area contributed by atoms with E-state index in [1.807, 2.05) is 37.5 Å². The van der Waals surface area contributed by atoms with Crippen LogP contribution in [0.4, 0.5) is 0 Å². The van der Waals surface area contributed by atoms with E-state index in [-0.39, 0.29) is 0 Å². The van der Waals surface area contributed by atoms with Crippen LogP contribution in [0, 0.1) is 94.7 Å². The van der Waals surface area contributed by atoms with Gasteiger partial charge in [0.25, 0.3) is 0 Å². The molecule has 0 aliphatic rings. The van der Waals surface area contributed by atoms with E-state index in [2.05, 4.69) is 354 Å². The molecular weight excluding hydrogens is 1780 g/mol. The Balaban J connectivity index is 0.000000824. The summed E-state index contributed by atoms with van der Waals surface area (Å²) in [4.78, 5) is 0. The average Bonchev–Trinajstić information content (AvgIpc) is 1.80. The normalized spacial score (nSPS) is 11.7. The second kappa shape index (κ2) is 86.9. The maximum atomic E-state index is 4.26. The highest BCUT2D eigenvalue weighted by atomic mass is 15.5. The van der Waals surface area contributed by atoms with Crippen LogP contribution in [0.25, 0.3) is 0 Å². The molecule has 0 aliphatic heterocycles. The first kappa shape index (κ1) is 135. The van der Waals surface area contributed by atoms with Crippen LogP contribution in [0.1, 0.15) is 524 Å². The molecule has 0 radical (unpaired) electrons. The number of hydrogen-bond donors (Lipinski definition) is 0. The lowest BCUT2D eigenvalue weighted by Gasteiger charge is -2.04. The zero-order valence-corrected chi connectivity index (χ0v) is 100. The van der Waals surface area contributed by atoms with Gasteiger partial charge >= 0.3 is 0 Å². The van der Waals surface area contributed by atoms with E-state index in [1.54, 1.807) is 0 Å². The topological polar surface area (TPSA) is 246 Å². The lowest BCUT2D eigenvalue weighted by atomic mass is 10.0. The molecule has 0 unspecified atom stereocenters. The number of nitrogens with zero attached hydrogens (tertiary/aromatic N) is 24. The van der Waals surface area contributed by atoms with E-state index in [4.69, 9.17) is 0 Å². The summed E-state index contributed by atoms with van der Waals surface area (Å²) in [6.07, 6.45) is 77.0. The highest BCUT2D eigenvalue weighted by Gasteiger charge is 2.13. The lowest BCUT2D eigenvalue weighted by molar-refractivity contribution is 0.472. The molecule has 144 heavy (non-hydrogen) atoms. The highest BCUT2D eigenvalue weighted by Crippen LogP contribution is 2.21. The van der Waals surface area contributed by atoms with Crippen molar-refractivity contribution < 1.29 is 0 Å². The Morgan fingerprint density at radius 1 is 0.139 bits per heavy atom. The van der Waals surface area contributed by atoms with E-state index in [1.165, 1.54) is 257 Å². The van der Waals surface area contributed by atoms with Crippen molar-refractivity contribution in [1.82, 2.24) is 120 Å². The zero-order valence-electron chi connectivity index (χ0n) is 100. The van der Waals surface area contributed by atoms with Crippen LogP contribution in [0.15, 0.2) is 49.6 Å². The van der Waals surface area contributed by atoms with Crippen molar-refractivity contribution in [3.05, 3.63) is 95.1 Å². The summed E-state index contributed by atoms with van der Waals surface area (Å²) in [5.41, 5.74) is 9.19. The molecule has 0 aliphatic carbocycles. The molecule has 832 valence electrons. The molecule has 0 saturated heterocycles. The zero-order chi connectivity index (χ0) is 107. The van der Waals surface area contributed by atoms with Gasteiger partial charge in [0.1, 0.15) is 0 Å². The largest absolute Gasteiger partial charge is 0.252 e. The van der Waals surface area contributed by atoms with Gasteiger partial charge in [0.15, 0.2) is 0 Å². The van der Waals surface area contributed by atoms with Crippen molar-refractivity contribution in [2.24, 2.45) is 94.7 Å². The van der Waals surface area contributed by atoms with Gasteiger partial charge in [-0.15, -0.1) is 40.8 Å². The number of aryl methyl sites for hydroxylation is 14. The fraction of sp³-hybridized carbons (Fsp3) is 0.867. The molecule has 0 saturated carbocycles. The van der Waals surface area contributed by atoms with Gasteiger partial charge in [-0.3, -0.25) is 37.5 Å². The summed E-state index contributed by atoms with van der Waals surface area (Å²) in [7, 11) is 0. The Labute approximate surface area is 886 Å². The van der Waals surface area contributed by atoms with Crippen LogP contribution in [0.3, 0.4) is 0 Å². The second-order valence-electron chi connectivity index (χ2n) is 49.2. The fourth-order valence-corrected chi connectivity index (χ4v) is 16.5. The van der Waals surface area contributed by atoms with Crippen molar-refractivity contribution in [3.63, 3.8) is 0 Å².